The monoisotopic (exact) mass is 564 g/mol. The molecule has 33 heavy (non-hydrogen) atoms. The van der Waals surface area contributed by atoms with Gasteiger partial charge in [0.05, 0.1) is 6.54 Å². The van der Waals surface area contributed by atoms with E-state index in [0.717, 1.165) is 70.4 Å². The molecule has 1 aromatic heterocycles. The fourth-order valence-electron chi connectivity index (χ4n) is 4.47. The van der Waals surface area contributed by atoms with Crippen LogP contribution in [0.15, 0.2) is 53.7 Å². The van der Waals surface area contributed by atoms with Crippen molar-refractivity contribution in [3.63, 3.8) is 0 Å². The number of aliphatic hydroxyl groups excluding tert-OH is 1. The molecule has 0 saturated carbocycles. The summed E-state index contributed by atoms with van der Waals surface area (Å²) in [6.45, 7) is 9.79. The average Bonchev–Trinajstić information content (AvgIpc) is 2.87. The van der Waals surface area contributed by atoms with Crippen molar-refractivity contribution in [1.29, 1.82) is 0 Å². The predicted molar refractivity (Wildman–Crippen MR) is 147 cm³/mol. The van der Waals surface area contributed by atoms with Gasteiger partial charge in [-0.25, -0.2) is 9.98 Å². The molecule has 4 rings (SSSR count). The molecule has 0 bridgehead atoms. The fraction of sp³-hybridized carbons (Fsp3) is 0.520. The summed E-state index contributed by atoms with van der Waals surface area (Å²) in [7, 11) is 0. The van der Waals surface area contributed by atoms with E-state index in [1.165, 1.54) is 11.3 Å². The fourth-order valence-corrected chi connectivity index (χ4v) is 4.47. The Morgan fingerprint density at radius 2 is 1.73 bits per heavy atom. The summed E-state index contributed by atoms with van der Waals surface area (Å²) >= 11 is 0. The first-order valence-electron chi connectivity index (χ1n) is 11.9. The number of nitrogens with zero attached hydrogens (tertiary/aromatic N) is 5. The molecular formula is C25H37IN6O. The molecule has 0 amide bonds. The number of aliphatic hydroxyl groups is 1. The van der Waals surface area contributed by atoms with Gasteiger partial charge in [-0.2, -0.15) is 0 Å². The molecule has 2 fully saturated rings. The number of anilines is 2. The van der Waals surface area contributed by atoms with E-state index in [1.807, 2.05) is 18.3 Å². The zero-order valence-electron chi connectivity index (χ0n) is 19.6. The van der Waals surface area contributed by atoms with E-state index < -0.39 is 0 Å². The van der Waals surface area contributed by atoms with Gasteiger partial charge in [-0.15, -0.1) is 24.0 Å². The third-order valence-corrected chi connectivity index (χ3v) is 6.47. The van der Waals surface area contributed by atoms with Gasteiger partial charge in [-0.3, -0.25) is 0 Å². The molecule has 2 aliphatic heterocycles. The topological polar surface area (TPSA) is 67.2 Å². The summed E-state index contributed by atoms with van der Waals surface area (Å²) in [5.41, 5.74) is 2.49. The highest BCUT2D eigenvalue weighted by Gasteiger charge is 2.21. The zero-order chi connectivity index (χ0) is 22.2. The maximum absolute atomic E-state index is 9.34. The van der Waals surface area contributed by atoms with Crippen LogP contribution in [0.25, 0.3) is 0 Å². The highest BCUT2D eigenvalue weighted by atomic mass is 127. The van der Waals surface area contributed by atoms with Gasteiger partial charge in [0.2, 0.25) is 0 Å². The molecule has 0 unspecified atom stereocenters. The molecule has 2 saturated heterocycles. The molecule has 1 aromatic carbocycles. The number of aliphatic imine (C=N–C) groups is 1. The van der Waals surface area contributed by atoms with E-state index in [2.05, 4.69) is 62.3 Å². The van der Waals surface area contributed by atoms with Crippen molar-refractivity contribution in [3.8, 4) is 0 Å². The van der Waals surface area contributed by atoms with Crippen molar-refractivity contribution >= 4 is 41.4 Å². The number of hydrogen-bond donors (Lipinski definition) is 2. The highest BCUT2D eigenvalue weighted by Crippen LogP contribution is 2.23. The molecule has 2 aromatic rings. The molecule has 0 radical (unpaired) electrons. The molecule has 8 heteroatoms. The van der Waals surface area contributed by atoms with Crippen LogP contribution in [-0.2, 0) is 6.54 Å². The minimum absolute atomic E-state index is 0. The van der Waals surface area contributed by atoms with Gasteiger partial charge in [-0.05, 0) is 55.5 Å². The molecule has 7 nitrogen and oxygen atoms in total. The number of rotatable bonds is 6. The molecule has 180 valence electrons. The third kappa shape index (κ3) is 6.96. The molecule has 0 aliphatic carbocycles. The second-order valence-electron chi connectivity index (χ2n) is 8.61. The maximum Gasteiger partial charge on any atom is 0.194 e. The molecule has 0 atom stereocenters. The average molecular weight is 565 g/mol. The summed E-state index contributed by atoms with van der Waals surface area (Å²) in [6, 6.07) is 14.9. The summed E-state index contributed by atoms with van der Waals surface area (Å²) < 4.78 is 0. The molecular weight excluding hydrogens is 527 g/mol. The van der Waals surface area contributed by atoms with Crippen LogP contribution in [0.3, 0.4) is 0 Å². The number of nitrogens with one attached hydrogen (secondary N) is 1. The van der Waals surface area contributed by atoms with Gasteiger partial charge in [0.25, 0.3) is 0 Å². The smallest absolute Gasteiger partial charge is 0.194 e. The van der Waals surface area contributed by atoms with Crippen LogP contribution in [0.2, 0.25) is 0 Å². The molecule has 0 spiro atoms. The molecule has 2 aliphatic rings. The van der Waals surface area contributed by atoms with Crippen LogP contribution in [0.5, 0.6) is 0 Å². The summed E-state index contributed by atoms with van der Waals surface area (Å²) in [5.74, 6) is 2.51. The van der Waals surface area contributed by atoms with Crippen LogP contribution < -0.4 is 15.1 Å². The number of halogens is 1. The van der Waals surface area contributed by atoms with Crippen LogP contribution in [0.4, 0.5) is 11.5 Å². The van der Waals surface area contributed by atoms with Crippen molar-refractivity contribution < 1.29 is 5.11 Å². The quantitative estimate of drug-likeness (QED) is 0.319. The molecule has 3 heterocycles. The van der Waals surface area contributed by atoms with Crippen LogP contribution >= 0.6 is 24.0 Å². The second kappa shape index (κ2) is 13.0. The Hall–Kier alpha value is -2.07. The van der Waals surface area contributed by atoms with Crippen molar-refractivity contribution in [2.45, 2.75) is 26.3 Å². The second-order valence-corrected chi connectivity index (χ2v) is 8.61. The highest BCUT2D eigenvalue weighted by molar-refractivity contribution is 14.0. The number of hydrogen-bond acceptors (Lipinski definition) is 5. The number of piperazine rings is 1. The first-order valence-corrected chi connectivity index (χ1v) is 11.9. The van der Waals surface area contributed by atoms with Crippen LogP contribution in [0.1, 0.15) is 25.3 Å². The van der Waals surface area contributed by atoms with Gasteiger partial charge >= 0.3 is 0 Å². The Morgan fingerprint density at radius 1 is 1.00 bits per heavy atom. The Balaban J connectivity index is 0.00000306. The molecule has 2 N–H and O–H groups in total. The maximum atomic E-state index is 9.34. The summed E-state index contributed by atoms with van der Waals surface area (Å²) in [5, 5.41) is 12.8. The van der Waals surface area contributed by atoms with Crippen molar-refractivity contribution in [2.24, 2.45) is 10.9 Å². The lowest BCUT2D eigenvalue weighted by atomic mass is 9.97. The first kappa shape index (κ1) is 25.6. The van der Waals surface area contributed by atoms with Crippen molar-refractivity contribution in [1.82, 2.24) is 15.2 Å². The number of guanidine groups is 1. The van der Waals surface area contributed by atoms with Crippen molar-refractivity contribution in [2.75, 3.05) is 62.2 Å². The minimum Gasteiger partial charge on any atom is -0.396 e. The third-order valence-electron chi connectivity index (χ3n) is 6.47. The Morgan fingerprint density at radius 3 is 2.33 bits per heavy atom. The Labute approximate surface area is 214 Å². The Bertz CT molecular complexity index is 847. The van der Waals surface area contributed by atoms with Gasteiger partial charge in [0.1, 0.15) is 5.82 Å². The normalized spacial score (nSPS) is 17.6. The van der Waals surface area contributed by atoms with Crippen LogP contribution in [0, 0.1) is 5.92 Å². The number of pyridine rings is 1. The number of aromatic nitrogens is 1. The first-order chi connectivity index (χ1) is 15.8. The van der Waals surface area contributed by atoms with E-state index in [-0.39, 0.29) is 24.0 Å². The Kier molecular flexibility index (Phi) is 10.1. The van der Waals surface area contributed by atoms with Gasteiger partial charge in [0.15, 0.2) is 5.96 Å². The lowest BCUT2D eigenvalue weighted by Crippen LogP contribution is -2.52. The largest absolute Gasteiger partial charge is 0.396 e. The minimum atomic E-state index is 0. The van der Waals surface area contributed by atoms with E-state index in [9.17, 15) is 5.11 Å². The standard InChI is InChI=1S/C25H36N6O.HI/c1-2-26-25(31-17-15-30(16-18-31)24-5-3-4-12-27-24)28-19-21-6-8-23(9-7-21)29-13-10-22(20-32)11-14-29;/h3-9,12,22,32H,2,10-11,13-20H2,1H3,(H,26,28);1H. The van der Waals surface area contributed by atoms with E-state index in [4.69, 9.17) is 4.99 Å². The lowest BCUT2D eigenvalue weighted by molar-refractivity contribution is 0.203. The van der Waals surface area contributed by atoms with E-state index >= 15 is 0 Å². The van der Waals surface area contributed by atoms with Crippen LogP contribution in [-0.4, -0.2) is 73.4 Å². The van der Waals surface area contributed by atoms with Gasteiger partial charge < -0.3 is 25.1 Å². The summed E-state index contributed by atoms with van der Waals surface area (Å²) in [6.07, 6.45) is 4.00. The summed E-state index contributed by atoms with van der Waals surface area (Å²) in [4.78, 5) is 16.5. The van der Waals surface area contributed by atoms with Crippen molar-refractivity contribution in [3.05, 3.63) is 54.2 Å². The lowest BCUT2D eigenvalue weighted by Gasteiger charge is -2.37. The number of piperidine rings is 1. The predicted octanol–water partition coefficient (Wildman–Crippen LogP) is 3.20. The van der Waals surface area contributed by atoms with E-state index in [1.54, 1.807) is 0 Å². The van der Waals surface area contributed by atoms with Gasteiger partial charge in [-0.1, -0.05) is 18.2 Å². The van der Waals surface area contributed by atoms with Gasteiger partial charge in [0, 0.05) is 64.3 Å². The zero-order valence-corrected chi connectivity index (χ0v) is 21.9. The SMILES string of the molecule is CCNC(=NCc1ccc(N2CCC(CO)CC2)cc1)N1CCN(c2ccccn2)CC1.I. The van der Waals surface area contributed by atoms with E-state index in [0.29, 0.717) is 19.1 Å². The number of benzene rings is 1.